The summed E-state index contributed by atoms with van der Waals surface area (Å²) in [6.45, 7) is 0.0931. The number of benzene rings is 2. The van der Waals surface area contributed by atoms with Crippen molar-refractivity contribution in [3.63, 3.8) is 0 Å². The molecule has 1 amide bonds. The van der Waals surface area contributed by atoms with Crippen LogP contribution in [-0.2, 0) is 6.54 Å². The molecule has 0 aromatic heterocycles. The molecule has 104 valence electrons. The second-order valence-corrected chi connectivity index (χ2v) is 4.56. The van der Waals surface area contributed by atoms with E-state index in [1.807, 2.05) is 0 Å². The normalized spacial score (nSPS) is 10.3. The smallest absolute Gasteiger partial charge is 0.250 e. The predicted octanol–water partition coefficient (Wildman–Crippen LogP) is 3.33. The van der Waals surface area contributed by atoms with Gasteiger partial charge in [-0.3, -0.25) is 4.79 Å². The molecule has 0 unspecified atom stereocenters. The highest BCUT2D eigenvalue weighted by molar-refractivity contribution is 6.34. The molecular formula is C14H11ClF2N2O. The third-order valence-electron chi connectivity index (χ3n) is 2.73. The highest BCUT2D eigenvalue weighted by Gasteiger charge is 2.08. The van der Waals surface area contributed by atoms with Gasteiger partial charge < -0.3 is 11.1 Å². The lowest BCUT2D eigenvalue weighted by molar-refractivity contribution is 0.100. The molecule has 0 atom stereocenters. The lowest BCUT2D eigenvalue weighted by Gasteiger charge is -2.09. The number of nitrogens with one attached hydrogen (secondary N) is 1. The van der Waals surface area contributed by atoms with Crippen LogP contribution in [0.5, 0.6) is 0 Å². The fourth-order valence-electron chi connectivity index (χ4n) is 1.70. The molecule has 0 aliphatic heterocycles. The monoisotopic (exact) mass is 296 g/mol. The van der Waals surface area contributed by atoms with Gasteiger partial charge >= 0.3 is 0 Å². The molecule has 0 radical (unpaired) electrons. The Balaban J connectivity index is 2.13. The van der Waals surface area contributed by atoms with E-state index in [9.17, 15) is 13.6 Å². The molecule has 0 aliphatic carbocycles. The van der Waals surface area contributed by atoms with Crippen LogP contribution in [0.4, 0.5) is 14.5 Å². The van der Waals surface area contributed by atoms with Gasteiger partial charge in [-0.15, -0.1) is 0 Å². The topological polar surface area (TPSA) is 55.1 Å². The number of anilines is 1. The number of amides is 1. The van der Waals surface area contributed by atoms with Gasteiger partial charge in [0, 0.05) is 17.8 Å². The van der Waals surface area contributed by atoms with Gasteiger partial charge in [-0.1, -0.05) is 11.6 Å². The van der Waals surface area contributed by atoms with Gasteiger partial charge in [0.2, 0.25) is 5.91 Å². The molecule has 0 spiro atoms. The van der Waals surface area contributed by atoms with E-state index in [1.54, 1.807) is 6.07 Å². The molecule has 0 bridgehead atoms. The van der Waals surface area contributed by atoms with Gasteiger partial charge in [-0.25, -0.2) is 8.78 Å². The van der Waals surface area contributed by atoms with Crippen molar-refractivity contribution in [3.05, 3.63) is 64.2 Å². The number of halogens is 3. The van der Waals surface area contributed by atoms with E-state index in [2.05, 4.69) is 5.32 Å². The van der Waals surface area contributed by atoms with Crippen LogP contribution in [0, 0.1) is 11.6 Å². The third kappa shape index (κ3) is 3.24. The number of carbonyl (C=O) groups excluding carboxylic acids is 1. The van der Waals surface area contributed by atoms with Crippen molar-refractivity contribution in [2.45, 2.75) is 6.54 Å². The first-order chi connectivity index (χ1) is 9.47. The Morgan fingerprint density at radius 2 is 1.95 bits per heavy atom. The van der Waals surface area contributed by atoms with Crippen molar-refractivity contribution in [3.8, 4) is 0 Å². The minimum Gasteiger partial charge on any atom is -0.381 e. The standard InChI is InChI=1S/C14H11ClF2N2O/c15-12-6-10(2-3-11(12)14(18)20)19-7-8-5-9(16)1-4-13(8)17/h1-6,19H,7H2,(H2,18,20). The first kappa shape index (κ1) is 14.3. The zero-order valence-corrected chi connectivity index (χ0v) is 11.0. The molecular weight excluding hydrogens is 286 g/mol. The van der Waals surface area contributed by atoms with E-state index in [-0.39, 0.29) is 22.7 Å². The average Bonchev–Trinajstić information content (AvgIpc) is 2.39. The molecule has 3 nitrogen and oxygen atoms in total. The van der Waals surface area contributed by atoms with Crippen LogP contribution in [0.25, 0.3) is 0 Å². The Bertz CT molecular complexity index is 662. The van der Waals surface area contributed by atoms with Crippen molar-refractivity contribution < 1.29 is 13.6 Å². The van der Waals surface area contributed by atoms with Crippen LogP contribution in [0.3, 0.4) is 0 Å². The summed E-state index contributed by atoms with van der Waals surface area (Å²) < 4.78 is 26.4. The summed E-state index contributed by atoms with van der Waals surface area (Å²) in [5.74, 6) is -1.64. The van der Waals surface area contributed by atoms with Crippen LogP contribution in [-0.4, -0.2) is 5.91 Å². The lowest BCUT2D eigenvalue weighted by Crippen LogP contribution is -2.11. The molecule has 20 heavy (non-hydrogen) atoms. The van der Waals surface area contributed by atoms with Crippen molar-refractivity contribution in [1.82, 2.24) is 0 Å². The van der Waals surface area contributed by atoms with E-state index in [1.165, 1.54) is 12.1 Å². The zero-order chi connectivity index (χ0) is 14.7. The van der Waals surface area contributed by atoms with Gasteiger partial charge in [-0.05, 0) is 36.4 Å². The fraction of sp³-hybridized carbons (Fsp3) is 0.0714. The first-order valence-corrected chi connectivity index (χ1v) is 6.12. The SMILES string of the molecule is NC(=O)c1ccc(NCc2cc(F)ccc2F)cc1Cl. The molecule has 2 rings (SSSR count). The first-order valence-electron chi connectivity index (χ1n) is 5.74. The molecule has 3 N–H and O–H groups in total. The molecule has 0 saturated heterocycles. The Labute approximate surface area is 119 Å². The Hall–Kier alpha value is -2.14. The summed E-state index contributed by atoms with van der Waals surface area (Å²) in [6, 6.07) is 7.78. The van der Waals surface area contributed by atoms with Crippen LogP contribution in [0.1, 0.15) is 15.9 Å². The Morgan fingerprint density at radius 3 is 2.60 bits per heavy atom. The van der Waals surface area contributed by atoms with Crippen LogP contribution in [0.2, 0.25) is 5.02 Å². The minimum atomic E-state index is -0.627. The van der Waals surface area contributed by atoms with Crippen molar-refractivity contribution in [2.24, 2.45) is 5.73 Å². The second kappa shape index (κ2) is 5.88. The summed E-state index contributed by atoms with van der Waals surface area (Å²) in [5.41, 5.74) is 6.10. The highest BCUT2D eigenvalue weighted by Crippen LogP contribution is 2.21. The summed E-state index contributed by atoms with van der Waals surface area (Å²) >= 11 is 5.89. The molecule has 0 fully saturated rings. The van der Waals surface area contributed by atoms with E-state index < -0.39 is 17.5 Å². The number of hydrogen-bond donors (Lipinski definition) is 2. The summed E-state index contributed by atoms with van der Waals surface area (Å²) in [5, 5.41) is 3.09. The maximum Gasteiger partial charge on any atom is 0.250 e. The van der Waals surface area contributed by atoms with E-state index in [0.717, 1.165) is 18.2 Å². The second-order valence-electron chi connectivity index (χ2n) is 4.15. The van der Waals surface area contributed by atoms with E-state index in [0.29, 0.717) is 5.69 Å². The number of carbonyl (C=O) groups is 1. The molecule has 0 aliphatic rings. The van der Waals surface area contributed by atoms with Gasteiger partial charge in [-0.2, -0.15) is 0 Å². The molecule has 0 heterocycles. The number of hydrogen-bond acceptors (Lipinski definition) is 2. The maximum absolute atomic E-state index is 13.4. The van der Waals surface area contributed by atoms with Gasteiger partial charge in [0.25, 0.3) is 0 Å². The van der Waals surface area contributed by atoms with Gasteiger partial charge in [0.1, 0.15) is 11.6 Å². The van der Waals surface area contributed by atoms with Gasteiger partial charge in [0.05, 0.1) is 10.6 Å². The summed E-state index contributed by atoms with van der Waals surface area (Å²) in [7, 11) is 0. The van der Waals surface area contributed by atoms with Crippen molar-refractivity contribution in [2.75, 3.05) is 5.32 Å². The highest BCUT2D eigenvalue weighted by atomic mass is 35.5. The number of primary amides is 1. The van der Waals surface area contributed by atoms with Crippen LogP contribution < -0.4 is 11.1 Å². The molecule has 0 saturated carbocycles. The molecule has 2 aromatic carbocycles. The number of rotatable bonds is 4. The quantitative estimate of drug-likeness (QED) is 0.909. The van der Waals surface area contributed by atoms with Gasteiger partial charge in [0.15, 0.2) is 0 Å². The van der Waals surface area contributed by atoms with Crippen molar-refractivity contribution in [1.29, 1.82) is 0 Å². The number of nitrogens with two attached hydrogens (primary N) is 1. The summed E-state index contributed by atoms with van der Waals surface area (Å²) in [6.07, 6.45) is 0. The lowest BCUT2D eigenvalue weighted by atomic mass is 10.1. The predicted molar refractivity (Wildman–Crippen MR) is 73.7 cm³/mol. The third-order valence-corrected chi connectivity index (χ3v) is 3.04. The zero-order valence-electron chi connectivity index (χ0n) is 10.3. The van der Waals surface area contributed by atoms with E-state index >= 15 is 0 Å². The molecule has 6 heteroatoms. The maximum atomic E-state index is 13.4. The van der Waals surface area contributed by atoms with Crippen LogP contribution in [0.15, 0.2) is 36.4 Å². The van der Waals surface area contributed by atoms with Crippen molar-refractivity contribution >= 4 is 23.2 Å². The molecule has 2 aromatic rings. The minimum absolute atomic E-state index is 0.0931. The summed E-state index contributed by atoms with van der Waals surface area (Å²) in [4.78, 5) is 11.0. The van der Waals surface area contributed by atoms with E-state index in [4.69, 9.17) is 17.3 Å². The average molecular weight is 297 g/mol. The van der Waals surface area contributed by atoms with Crippen LogP contribution >= 0.6 is 11.6 Å². The largest absolute Gasteiger partial charge is 0.381 e. The Morgan fingerprint density at radius 1 is 1.20 bits per heavy atom. The fourth-order valence-corrected chi connectivity index (χ4v) is 1.97. The Kier molecular flexibility index (Phi) is 4.20.